The van der Waals surface area contributed by atoms with Crippen molar-refractivity contribution in [1.29, 1.82) is 0 Å². The molecular formula is C12H12N2O2S. The van der Waals surface area contributed by atoms with Crippen LogP contribution in [-0.2, 0) is 0 Å². The molecule has 0 aliphatic heterocycles. The molecule has 0 spiro atoms. The predicted molar refractivity (Wildman–Crippen MR) is 68.8 cm³/mol. The lowest BCUT2D eigenvalue weighted by Gasteiger charge is -2.03. The Morgan fingerprint density at radius 3 is 2.71 bits per heavy atom. The maximum atomic E-state index is 11.2. The van der Waals surface area contributed by atoms with E-state index in [1.54, 1.807) is 19.2 Å². The normalized spacial score (nSPS) is 10.2. The largest absolute Gasteiger partial charge is 0.478 e. The molecule has 0 amide bonds. The van der Waals surface area contributed by atoms with Crippen LogP contribution in [0.2, 0.25) is 0 Å². The van der Waals surface area contributed by atoms with Crippen LogP contribution in [0.15, 0.2) is 24.3 Å². The molecule has 2 aromatic rings. The lowest BCUT2D eigenvalue weighted by Crippen LogP contribution is -1.98. The zero-order valence-corrected chi connectivity index (χ0v) is 10.3. The summed E-state index contributed by atoms with van der Waals surface area (Å²) < 4.78 is 0. The number of carboxylic acids is 1. The van der Waals surface area contributed by atoms with E-state index in [1.807, 2.05) is 19.1 Å². The molecular weight excluding hydrogens is 236 g/mol. The second-order valence-corrected chi connectivity index (χ2v) is 4.53. The fraction of sp³-hybridized carbons (Fsp3) is 0.167. The fourth-order valence-corrected chi connectivity index (χ4v) is 2.58. The Balaban J connectivity index is 2.59. The summed E-state index contributed by atoms with van der Waals surface area (Å²) in [4.78, 5) is 16.4. The quantitative estimate of drug-likeness (QED) is 0.876. The van der Waals surface area contributed by atoms with Gasteiger partial charge in [0.15, 0.2) is 5.13 Å². The van der Waals surface area contributed by atoms with E-state index < -0.39 is 5.97 Å². The van der Waals surface area contributed by atoms with Gasteiger partial charge in [0.05, 0.1) is 16.1 Å². The molecule has 17 heavy (non-hydrogen) atoms. The van der Waals surface area contributed by atoms with E-state index in [-0.39, 0.29) is 0 Å². The summed E-state index contributed by atoms with van der Waals surface area (Å²) in [5, 5.41) is 12.9. The van der Waals surface area contributed by atoms with E-state index in [4.69, 9.17) is 5.11 Å². The summed E-state index contributed by atoms with van der Waals surface area (Å²) in [6.45, 7) is 1.88. The Morgan fingerprint density at radius 1 is 1.41 bits per heavy atom. The molecule has 0 aliphatic carbocycles. The number of benzene rings is 1. The van der Waals surface area contributed by atoms with Crippen LogP contribution in [0.4, 0.5) is 5.13 Å². The number of thiazole rings is 1. The number of hydrogen-bond acceptors (Lipinski definition) is 4. The molecule has 1 aromatic carbocycles. The van der Waals surface area contributed by atoms with Crippen LogP contribution >= 0.6 is 11.3 Å². The van der Waals surface area contributed by atoms with Crippen LogP contribution in [0, 0.1) is 6.92 Å². The van der Waals surface area contributed by atoms with Gasteiger partial charge in [-0.05, 0) is 13.0 Å². The number of nitrogens with one attached hydrogen (secondary N) is 1. The molecule has 2 N–H and O–H groups in total. The highest BCUT2D eigenvalue weighted by atomic mass is 32.1. The molecule has 5 heteroatoms. The number of carbonyl (C=O) groups is 1. The first-order valence-electron chi connectivity index (χ1n) is 5.11. The van der Waals surface area contributed by atoms with Crippen molar-refractivity contribution in [2.75, 3.05) is 12.4 Å². The Labute approximate surface area is 103 Å². The molecule has 0 atom stereocenters. The average molecular weight is 248 g/mol. The average Bonchev–Trinajstić information content (AvgIpc) is 2.70. The highest BCUT2D eigenvalue weighted by Crippen LogP contribution is 2.34. The second kappa shape index (κ2) is 4.55. The Bertz CT molecular complexity index is 563. The van der Waals surface area contributed by atoms with Gasteiger partial charge in [-0.15, -0.1) is 0 Å². The Hall–Kier alpha value is -1.88. The minimum absolute atomic E-state index is 0.307. The number of hydrogen-bond donors (Lipinski definition) is 2. The van der Waals surface area contributed by atoms with E-state index in [9.17, 15) is 4.79 Å². The van der Waals surface area contributed by atoms with Gasteiger partial charge in [-0.1, -0.05) is 29.5 Å². The van der Waals surface area contributed by atoms with Gasteiger partial charge < -0.3 is 10.4 Å². The van der Waals surface area contributed by atoms with E-state index in [1.165, 1.54) is 11.3 Å². The van der Waals surface area contributed by atoms with Crippen LogP contribution < -0.4 is 5.32 Å². The van der Waals surface area contributed by atoms with Crippen LogP contribution in [0.3, 0.4) is 0 Å². The maximum absolute atomic E-state index is 11.2. The van der Waals surface area contributed by atoms with Crippen LogP contribution in [0.25, 0.3) is 10.4 Å². The minimum Gasteiger partial charge on any atom is -0.478 e. The molecule has 0 saturated heterocycles. The molecule has 0 bridgehead atoms. The summed E-state index contributed by atoms with van der Waals surface area (Å²) in [5.41, 5.74) is 1.87. The molecule has 2 rings (SSSR count). The third-order valence-electron chi connectivity index (χ3n) is 2.41. The first-order valence-corrected chi connectivity index (χ1v) is 5.93. The highest BCUT2D eigenvalue weighted by molar-refractivity contribution is 7.19. The monoisotopic (exact) mass is 248 g/mol. The smallest absolute Gasteiger partial charge is 0.336 e. The first kappa shape index (κ1) is 11.6. The molecule has 1 heterocycles. The van der Waals surface area contributed by atoms with Crippen molar-refractivity contribution >= 4 is 22.4 Å². The topological polar surface area (TPSA) is 62.2 Å². The van der Waals surface area contributed by atoms with Crippen LogP contribution in [-0.4, -0.2) is 23.1 Å². The number of carboxylic acid groups (broad SMARTS) is 1. The standard InChI is InChI=1S/C12H12N2O2S/c1-7-10(17-12(13-2)14-7)8-5-3-4-6-9(8)11(15)16/h3-6H,1-2H3,(H,13,14)(H,15,16). The second-order valence-electron chi connectivity index (χ2n) is 3.53. The van der Waals surface area contributed by atoms with Gasteiger partial charge >= 0.3 is 5.97 Å². The number of nitrogens with zero attached hydrogens (tertiary/aromatic N) is 1. The SMILES string of the molecule is CNc1nc(C)c(-c2ccccc2C(=O)O)s1. The van der Waals surface area contributed by atoms with Gasteiger partial charge in [0.1, 0.15) is 0 Å². The van der Waals surface area contributed by atoms with E-state index in [2.05, 4.69) is 10.3 Å². The summed E-state index contributed by atoms with van der Waals surface area (Å²) in [6.07, 6.45) is 0. The van der Waals surface area contributed by atoms with Crippen molar-refractivity contribution in [3.8, 4) is 10.4 Å². The van der Waals surface area contributed by atoms with Gasteiger partial charge in [0.25, 0.3) is 0 Å². The van der Waals surface area contributed by atoms with E-state index in [0.717, 1.165) is 21.3 Å². The summed E-state index contributed by atoms with van der Waals surface area (Å²) >= 11 is 1.46. The Morgan fingerprint density at radius 2 is 2.12 bits per heavy atom. The lowest BCUT2D eigenvalue weighted by atomic mass is 10.1. The summed E-state index contributed by atoms with van der Waals surface area (Å²) in [5.74, 6) is -0.917. The van der Waals surface area contributed by atoms with Crippen molar-refractivity contribution in [3.05, 3.63) is 35.5 Å². The van der Waals surface area contributed by atoms with Crippen molar-refractivity contribution in [3.63, 3.8) is 0 Å². The fourth-order valence-electron chi connectivity index (χ4n) is 1.62. The molecule has 0 aliphatic rings. The molecule has 1 aromatic heterocycles. The van der Waals surface area contributed by atoms with Crippen molar-refractivity contribution in [2.45, 2.75) is 6.92 Å². The van der Waals surface area contributed by atoms with Crippen LogP contribution in [0.5, 0.6) is 0 Å². The molecule has 0 radical (unpaired) electrons. The summed E-state index contributed by atoms with van der Waals surface area (Å²) in [7, 11) is 1.80. The third-order valence-corrected chi connectivity index (χ3v) is 3.62. The number of rotatable bonds is 3. The molecule has 88 valence electrons. The number of aryl methyl sites for hydroxylation is 1. The first-order chi connectivity index (χ1) is 8.13. The van der Waals surface area contributed by atoms with Gasteiger partial charge in [0.2, 0.25) is 0 Å². The van der Waals surface area contributed by atoms with Gasteiger partial charge in [0, 0.05) is 12.6 Å². The van der Waals surface area contributed by atoms with Gasteiger partial charge in [-0.2, -0.15) is 0 Å². The lowest BCUT2D eigenvalue weighted by molar-refractivity contribution is 0.0698. The van der Waals surface area contributed by atoms with Crippen molar-refractivity contribution in [1.82, 2.24) is 4.98 Å². The third kappa shape index (κ3) is 2.14. The molecule has 4 nitrogen and oxygen atoms in total. The van der Waals surface area contributed by atoms with Gasteiger partial charge in [-0.3, -0.25) is 0 Å². The van der Waals surface area contributed by atoms with Crippen molar-refractivity contribution in [2.24, 2.45) is 0 Å². The number of aromatic nitrogens is 1. The maximum Gasteiger partial charge on any atom is 0.336 e. The molecule has 0 fully saturated rings. The van der Waals surface area contributed by atoms with Crippen LogP contribution in [0.1, 0.15) is 16.1 Å². The predicted octanol–water partition coefficient (Wildman–Crippen LogP) is 2.86. The van der Waals surface area contributed by atoms with E-state index >= 15 is 0 Å². The summed E-state index contributed by atoms with van der Waals surface area (Å²) in [6, 6.07) is 6.97. The number of aromatic carboxylic acids is 1. The zero-order chi connectivity index (χ0) is 12.4. The van der Waals surface area contributed by atoms with Crippen molar-refractivity contribution < 1.29 is 9.90 Å². The highest BCUT2D eigenvalue weighted by Gasteiger charge is 2.15. The van der Waals surface area contributed by atoms with Gasteiger partial charge in [-0.25, -0.2) is 9.78 Å². The Kier molecular flexibility index (Phi) is 3.10. The number of anilines is 1. The minimum atomic E-state index is -0.917. The zero-order valence-electron chi connectivity index (χ0n) is 9.52. The molecule has 0 unspecified atom stereocenters. The van der Waals surface area contributed by atoms with E-state index in [0.29, 0.717) is 5.56 Å². The molecule has 0 saturated carbocycles.